The minimum absolute atomic E-state index is 0.164. The first-order valence-electron chi connectivity index (χ1n) is 5.50. The second kappa shape index (κ2) is 6.85. The summed E-state index contributed by atoms with van der Waals surface area (Å²) in [4.78, 5) is 11.5. The Hall–Kier alpha value is -0.540. The van der Waals surface area contributed by atoms with Crippen LogP contribution in [0.3, 0.4) is 0 Å². The van der Waals surface area contributed by atoms with Gasteiger partial charge in [-0.2, -0.15) is 13.2 Å². The van der Waals surface area contributed by atoms with Gasteiger partial charge in [-0.1, -0.05) is 26.7 Å². The minimum atomic E-state index is -4.21. The predicted molar refractivity (Wildman–Crippen MR) is 53.6 cm³/mol. The molecule has 0 heterocycles. The van der Waals surface area contributed by atoms with Crippen LogP contribution in [0.25, 0.3) is 0 Å². The van der Waals surface area contributed by atoms with E-state index in [0.717, 1.165) is 12.8 Å². The Morgan fingerprint density at radius 3 is 1.93 bits per heavy atom. The summed E-state index contributed by atoms with van der Waals surface area (Å²) >= 11 is 0. The van der Waals surface area contributed by atoms with Crippen LogP contribution in [-0.4, -0.2) is 12.0 Å². The molecule has 0 aromatic rings. The van der Waals surface area contributed by atoms with E-state index in [1.165, 1.54) is 0 Å². The van der Waals surface area contributed by atoms with E-state index in [-0.39, 0.29) is 18.1 Å². The largest absolute Gasteiger partial charge is 0.389 e. The molecule has 0 bridgehead atoms. The summed E-state index contributed by atoms with van der Waals surface area (Å²) in [6.45, 7) is 3.89. The third kappa shape index (κ3) is 7.40. The topological polar surface area (TPSA) is 17.1 Å². The SMILES string of the molecule is CCCC(CCC)C(=O)CCC(F)(F)F. The Bertz CT molecular complexity index is 181. The maximum absolute atomic E-state index is 11.9. The molecule has 1 nitrogen and oxygen atoms in total. The fourth-order valence-electron chi connectivity index (χ4n) is 1.63. The molecule has 0 saturated carbocycles. The molecule has 15 heavy (non-hydrogen) atoms. The van der Waals surface area contributed by atoms with Crippen LogP contribution in [0.15, 0.2) is 0 Å². The highest BCUT2D eigenvalue weighted by Crippen LogP contribution is 2.24. The zero-order valence-corrected chi connectivity index (χ0v) is 9.36. The highest BCUT2D eigenvalue weighted by Gasteiger charge is 2.29. The van der Waals surface area contributed by atoms with E-state index in [1.54, 1.807) is 0 Å². The lowest BCUT2D eigenvalue weighted by atomic mass is 9.91. The Morgan fingerprint density at radius 2 is 1.60 bits per heavy atom. The van der Waals surface area contributed by atoms with Crippen LogP contribution in [0.4, 0.5) is 13.2 Å². The van der Waals surface area contributed by atoms with Gasteiger partial charge in [-0.3, -0.25) is 4.79 Å². The first-order valence-corrected chi connectivity index (χ1v) is 5.50. The van der Waals surface area contributed by atoms with Gasteiger partial charge in [-0.05, 0) is 12.8 Å². The molecule has 0 atom stereocenters. The lowest BCUT2D eigenvalue weighted by Crippen LogP contribution is -2.18. The summed E-state index contributed by atoms with van der Waals surface area (Å²) in [5.74, 6) is -0.390. The number of Topliss-reactive ketones (excluding diaryl/α,β-unsaturated/α-hetero) is 1. The summed E-state index contributed by atoms with van der Waals surface area (Å²) in [6.07, 6.45) is -2.41. The van der Waals surface area contributed by atoms with E-state index in [9.17, 15) is 18.0 Å². The Labute approximate surface area is 89.0 Å². The number of hydrogen-bond donors (Lipinski definition) is 0. The molecule has 0 fully saturated rings. The summed E-state index contributed by atoms with van der Waals surface area (Å²) < 4.78 is 35.7. The second-order valence-electron chi connectivity index (χ2n) is 3.86. The molecule has 0 radical (unpaired) electrons. The van der Waals surface area contributed by atoms with Crippen LogP contribution in [0, 0.1) is 5.92 Å². The van der Waals surface area contributed by atoms with Crippen molar-refractivity contribution < 1.29 is 18.0 Å². The summed E-state index contributed by atoms with van der Waals surface area (Å²) in [7, 11) is 0. The van der Waals surface area contributed by atoms with Crippen molar-refractivity contribution in [2.75, 3.05) is 0 Å². The van der Waals surface area contributed by atoms with Crippen molar-refractivity contribution in [3.63, 3.8) is 0 Å². The van der Waals surface area contributed by atoms with Crippen molar-refractivity contribution in [3.05, 3.63) is 0 Å². The number of carbonyl (C=O) groups is 1. The van der Waals surface area contributed by atoms with Gasteiger partial charge in [-0.15, -0.1) is 0 Å². The zero-order chi connectivity index (χ0) is 11.9. The fraction of sp³-hybridized carbons (Fsp3) is 0.909. The summed E-state index contributed by atoms with van der Waals surface area (Å²) in [5.41, 5.74) is 0. The maximum Gasteiger partial charge on any atom is 0.389 e. The van der Waals surface area contributed by atoms with Crippen molar-refractivity contribution >= 4 is 5.78 Å². The van der Waals surface area contributed by atoms with E-state index in [0.29, 0.717) is 12.8 Å². The first kappa shape index (κ1) is 14.5. The van der Waals surface area contributed by atoms with Crippen LogP contribution in [-0.2, 0) is 4.79 Å². The van der Waals surface area contributed by atoms with Crippen LogP contribution in [0.1, 0.15) is 52.4 Å². The van der Waals surface area contributed by atoms with Crippen molar-refractivity contribution in [1.29, 1.82) is 0 Å². The molecule has 0 aliphatic heterocycles. The Balaban J connectivity index is 4.02. The van der Waals surface area contributed by atoms with Gasteiger partial charge < -0.3 is 0 Å². The second-order valence-corrected chi connectivity index (χ2v) is 3.86. The molecule has 0 N–H and O–H groups in total. The van der Waals surface area contributed by atoms with Crippen LogP contribution in [0.5, 0.6) is 0 Å². The standard InChI is InChI=1S/C11H19F3O/c1-3-5-9(6-4-2)10(15)7-8-11(12,13)14/h9H,3-8H2,1-2H3. The molecule has 0 rings (SSSR count). The highest BCUT2D eigenvalue weighted by molar-refractivity contribution is 5.80. The molecule has 0 aliphatic carbocycles. The van der Waals surface area contributed by atoms with E-state index in [2.05, 4.69) is 0 Å². The monoisotopic (exact) mass is 224 g/mol. The van der Waals surface area contributed by atoms with Gasteiger partial charge in [0.25, 0.3) is 0 Å². The Morgan fingerprint density at radius 1 is 1.13 bits per heavy atom. The van der Waals surface area contributed by atoms with Gasteiger partial charge in [0, 0.05) is 12.3 Å². The number of rotatable bonds is 7. The molecule has 0 saturated heterocycles. The molecular formula is C11H19F3O. The number of carbonyl (C=O) groups excluding carboxylic acids is 1. The van der Waals surface area contributed by atoms with Gasteiger partial charge in [-0.25, -0.2) is 0 Å². The van der Waals surface area contributed by atoms with E-state index in [4.69, 9.17) is 0 Å². The maximum atomic E-state index is 11.9. The summed E-state index contributed by atoms with van der Waals surface area (Å²) in [5, 5.41) is 0. The molecule has 0 unspecified atom stereocenters. The predicted octanol–water partition coefficient (Wildman–Crippen LogP) is 4.11. The number of halogens is 3. The lowest BCUT2D eigenvalue weighted by molar-refractivity contribution is -0.145. The fourth-order valence-corrected chi connectivity index (χ4v) is 1.63. The lowest BCUT2D eigenvalue weighted by Gasteiger charge is -2.14. The van der Waals surface area contributed by atoms with Crippen molar-refractivity contribution in [1.82, 2.24) is 0 Å². The average Bonchev–Trinajstić information content (AvgIpc) is 2.13. The van der Waals surface area contributed by atoms with Crippen molar-refractivity contribution in [2.45, 2.75) is 58.5 Å². The highest BCUT2D eigenvalue weighted by atomic mass is 19.4. The molecule has 0 amide bonds. The van der Waals surface area contributed by atoms with Gasteiger partial charge in [0.2, 0.25) is 0 Å². The van der Waals surface area contributed by atoms with Gasteiger partial charge in [0.1, 0.15) is 5.78 Å². The number of ketones is 1. The molecule has 0 aliphatic rings. The number of hydrogen-bond acceptors (Lipinski definition) is 1. The normalized spacial score (nSPS) is 12.1. The molecule has 90 valence electrons. The quantitative estimate of drug-likeness (QED) is 0.636. The van der Waals surface area contributed by atoms with Crippen molar-refractivity contribution in [2.24, 2.45) is 5.92 Å². The van der Waals surface area contributed by atoms with Gasteiger partial charge in [0.15, 0.2) is 0 Å². The molecule has 4 heteroatoms. The van der Waals surface area contributed by atoms with Gasteiger partial charge >= 0.3 is 6.18 Å². The number of alkyl halides is 3. The van der Waals surface area contributed by atoms with E-state index in [1.807, 2.05) is 13.8 Å². The molecule has 0 aromatic carbocycles. The van der Waals surface area contributed by atoms with E-state index < -0.39 is 12.6 Å². The van der Waals surface area contributed by atoms with Crippen LogP contribution in [0.2, 0.25) is 0 Å². The van der Waals surface area contributed by atoms with Crippen LogP contribution >= 0.6 is 0 Å². The van der Waals surface area contributed by atoms with Gasteiger partial charge in [0.05, 0.1) is 6.42 Å². The molecule has 0 spiro atoms. The zero-order valence-electron chi connectivity index (χ0n) is 9.36. The van der Waals surface area contributed by atoms with Crippen molar-refractivity contribution in [3.8, 4) is 0 Å². The van der Waals surface area contributed by atoms with E-state index >= 15 is 0 Å². The smallest absolute Gasteiger partial charge is 0.299 e. The average molecular weight is 224 g/mol. The third-order valence-corrected chi connectivity index (χ3v) is 2.38. The minimum Gasteiger partial charge on any atom is -0.299 e. The van der Waals surface area contributed by atoms with Crippen LogP contribution < -0.4 is 0 Å². The Kier molecular flexibility index (Phi) is 6.61. The summed E-state index contributed by atoms with van der Waals surface area (Å²) in [6, 6.07) is 0. The molecular weight excluding hydrogens is 205 g/mol. The third-order valence-electron chi connectivity index (χ3n) is 2.38. The first-order chi connectivity index (χ1) is 6.90. The molecule has 0 aromatic heterocycles.